The third kappa shape index (κ3) is 4.06. The molecule has 21 heavy (non-hydrogen) atoms. The lowest BCUT2D eigenvalue weighted by molar-refractivity contribution is -0.119. The van der Waals surface area contributed by atoms with Gasteiger partial charge in [0.05, 0.1) is 11.5 Å². The minimum Gasteiger partial charge on any atom is -0.310 e. The van der Waals surface area contributed by atoms with Crippen molar-refractivity contribution in [3.05, 3.63) is 29.8 Å². The minimum atomic E-state index is -2.93. The number of hydrogen-bond acceptors (Lipinski definition) is 3. The molecule has 1 unspecified atom stereocenters. The normalized spacial score (nSPS) is 20.7. The first-order valence-electron chi connectivity index (χ1n) is 7.37. The first-order chi connectivity index (χ1) is 9.78. The van der Waals surface area contributed by atoms with E-state index in [0.717, 1.165) is 11.3 Å². The number of hydrogen-bond donors (Lipinski definition) is 0. The molecule has 1 saturated heterocycles. The number of sulfone groups is 1. The molecule has 2 rings (SSSR count). The Morgan fingerprint density at radius 2 is 1.90 bits per heavy atom. The van der Waals surface area contributed by atoms with Crippen LogP contribution in [-0.4, -0.2) is 31.9 Å². The topological polar surface area (TPSA) is 54.5 Å². The average molecular weight is 309 g/mol. The standard InChI is InChI=1S/C16H23NO3S/c1-12(2)17(15-6-4-13(3)5-7-15)16(18)10-14-8-9-21(19,20)11-14/h4-7,12,14H,8-11H2,1-3H3. The summed E-state index contributed by atoms with van der Waals surface area (Å²) < 4.78 is 23.0. The molecule has 0 saturated carbocycles. The highest BCUT2D eigenvalue weighted by molar-refractivity contribution is 7.91. The van der Waals surface area contributed by atoms with Crippen LogP contribution in [0.4, 0.5) is 5.69 Å². The summed E-state index contributed by atoms with van der Waals surface area (Å²) >= 11 is 0. The highest BCUT2D eigenvalue weighted by atomic mass is 32.2. The minimum absolute atomic E-state index is 0.0101. The van der Waals surface area contributed by atoms with Crippen LogP contribution in [0.1, 0.15) is 32.3 Å². The maximum absolute atomic E-state index is 12.6. The molecule has 1 aromatic rings. The quantitative estimate of drug-likeness (QED) is 0.859. The summed E-state index contributed by atoms with van der Waals surface area (Å²) in [6.07, 6.45) is 0.916. The van der Waals surface area contributed by atoms with Crippen molar-refractivity contribution in [3.8, 4) is 0 Å². The molecule has 1 aliphatic heterocycles. The Kier molecular flexibility index (Phi) is 4.71. The molecule has 0 spiro atoms. The van der Waals surface area contributed by atoms with Crippen molar-refractivity contribution in [2.75, 3.05) is 16.4 Å². The van der Waals surface area contributed by atoms with Gasteiger partial charge in [0.2, 0.25) is 5.91 Å². The van der Waals surface area contributed by atoms with Crippen molar-refractivity contribution < 1.29 is 13.2 Å². The first kappa shape index (κ1) is 16.0. The van der Waals surface area contributed by atoms with E-state index in [0.29, 0.717) is 12.8 Å². The lowest BCUT2D eigenvalue weighted by atomic mass is 10.0. The van der Waals surface area contributed by atoms with E-state index in [1.807, 2.05) is 45.0 Å². The molecular formula is C16H23NO3S. The number of benzene rings is 1. The predicted octanol–water partition coefficient (Wildman–Crippen LogP) is 2.56. The van der Waals surface area contributed by atoms with Gasteiger partial charge >= 0.3 is 0 Å². The molecule has 0 radical (unpaired) electrons. The van der Waals surface area contributed by atoms with Crippen LogP contribution in [0, 0.1) is 12.8 Å². The van der Waals surface area contributed by atoms with E-state index < -0.39 is 9.84 Å². The smallest absolute Gasteiger partial charge is 0.227 e. The van der Waals surface area contributed by atoms with Gasteiger partial charge in [-0.1, -0.05) is 17.7 Å². The van der Waals surface area contributed by atoms with Gasteiger partial charge in [-0.25, -0.2) is 8.42 Å². The van der Waals surface area contributed by atoms with Crippen LogP contribution in [0.2, 0.25) is 0 Å². The number of nitrogens with zero attached hydrogens (tertiary/aromatic N) is 1. The van der Waals surface area contributed by atoms with Crippen molar-refractivity contribution in [1.29, 1.82) is 0 Å². The van der Waals surface area contributed by atoms with E-state index in [1.54, 1.807) is 4.90 Å². The molecule has 1 aliphatic rings. The number of carbonyl (C=O) groups excluding carboxylic acids is 1. The maximum Gasteiger partial charge on any atom is 0.227 e. The average Bonchev–Trinajstić information content (AvgIpc) is 2.71. The molecule has 0 N–H and O–H groups in total. The van der Waals surface area contributed by atoms with Gasteiger partial charge in [0.1, 0.15) is 0 Å². The Morgan fingerprint density at radius 3 is 2.38 bits per heavy atom. The fourth-order valence-corrected chi connectivity index (χ4v) is 4.68. The summed E-state index contributed by atoms with van der Waals surface area (Å²) in [4.78, 5) is 14.3. The van der Waals surface area contributed by atoms with E-state index >= 15 is 0 Å². The summed E-state index contributed by atoms with van der Waals surface area (Å²) in [6.45, 7) is 5.96. The molecule has 1 amide bonds. The Morgan fingerprint density at radius 1 is 1.29 bits per heavy atom. The Bertz CT molecular complexity index is 605. The zero-order valence-corrected chi connectivity index (χ0v) is 13.7. The molecular weight excluding hydrogens is 286 g/mol. The van der Waals surface area contributed by atoms with Crippen molar-refractivity contribution >= 4 is 21.4 Å². The van der Waals surface area contributed by atoms with E-state index in [1.165, 1.54) is 0 Å². The van der Waals surface area contributed by atoms with Crippen LogP contribution in [-0.2, 0) is 14.6 Å². The van der Waals surface area contributed by atoms with Gasteiger partial charge in [-0.15, -0.1) is 0 Å². The summed E-state index contributed by atoms with van der Waals surface area (Å²) in [5, 5.41) is 0. The number of amides is 1. The van der Waals surface area contributed by atoms with E-state index in [4.69, 9.17) is 0 Å². The van der Waals surface area contributed by atoms with Crippen molar-refractivity contribution in [1.82, 2.24) is 0 Å². The number of anilines is 1. The largest absolute Gasteiger partial charge is 0.310 e. The number of rotatable bonds is 4. The Labute approximate surface area is 127 Å². The molecule has 1 heterocycles. The lowest BCUT2D eigenvalue weighted by Crippen LogP contribution is -2.38. The SMILES string of the molecule is Cc1ccc(N(C(=O)CC2CCS(=O)(=O)C2)C(C)C)cc1. The molecule has 1 atom stereocenters. The van der Waals surface area contributed by atoms with Gasteiger partial charge < -0.3 is 4.90 Å². The lowest BCUT2D eigenvalue weighted by Gasteiger charge is -2.28. The van der Waals surface area contributed by atoms with Gasteiger partial charge in [0, 0.05) is 18.2 Å². The van der Waals surface area contributed by atoms with Crippen LogP contribution in [0.25, 0.3) is 0 Å². The summed E-state index contributed by atoms with van der Waals surface area (Å²) in [5.41, 5.74) is 2.03. The van der Waals surface area contributed by atoms with Gasteiger partial charge in [-0.3, -0.25) is 4.79 Å². The zero-order chi connectivity index (χ0) is 15.6. The monoisotopic (exact) mass is 309 g/mol. The molecule has 4 nitrogen and oxygen atoms in total. The van der Waals surface area contributed by atoms with Crippen LogP contribution in [0.15, 0.2) is 24.3 Å². The zero-order valence-electron chi connectivity index (χ0n) is 12.9. The molecule has 116 valence electrons. The van der Waals surface area contributed by atoms with Gasteiger partial charge in [0.25, 0.3) is 0 Å². The third-order valence-electron chi connectivity index (χ3n) is 3.89. The van der Waals surface area contributed by atoms with Crippen LogP contribution < -0.4 is 4.90 Å². The van der Waals surface area contributed by atoms with Crippen molar-refractivity contribution in [2.24, 2.45) is 5.92 Å². The summed E-state index contributed by atoms with van der Waals surface area (Å²) in [7, 11) is -2.93. The number of carbonyl (C=O) groups is 1. The maximum atomic E-state index is 12.6. The second-order valence-electron chi connectivity index (χ2n) is 6.17. The second kappa shape index (κ2) is 6.18. The van der Waals surface area contributed by atoms with Gasteiger partial charge in [-0.05, 0) is 45.2 Å². The fraction of sp³-hybridized carbons (Fsp3) is 0.562. The molecule has 5 heteroatoms. The van der Waals surface area contributed by atoms with Crippen molar-refractivity contribution in [3.63, 3.8) is 0 Å². The van der Waals surface area contributed by atoms with Crippen LogP contribution in [0.3, 0.4) is 0 Å². The third-order valence-corrected chi connectivity index (χ3v) is 5.72. The second-order valence-corrected chi connectivity index (χ2v) is 8.39. The highest BCUT2D eigenvalue weighted by Gasteiger charge is 2.31. The molecule has 0 aliphatic carbocycles. The van der Waals surface area contributed by atoms with E-state index in [-0.39, 0.29) is 29.4 Å². The molecule has 0 aromatic heterocycles. The Balaban J connectivity index is 2.11. The van der Waals surface area contributed by atoms with Gasteiger partial charge in [0.15, 0.2) is 9.84 Å². The molecule has 0 bridgehead atoms. The predicted molar refractivity (Wildman–Crippen MR) is 85.2 cm³/mol. The van der Waals surface area contributed by atoms with Crippen LogP contribution in [0.5, 0.6) is 0 Å². The van der Waals surface area contributed by atoms with Crippen LogP contribution >= 0.6 is 0 Å². The summed E-state index contributed by atoms with van der Waals surface area (Å²) in [6, 6.07) is 7.91. The molecule has 1 fully saturated rings. The van der Waals surface area contributed by atoms with Crippen molar-refractivity contribution in [2.45, 2.75) is 39.7 Å². The first-order valence-corrected chi connectivity index (χ1v) is 9.20. The fourth-order valence-electron chi connectivity index (χ4n) is 2.81. The van der Waals surface area contributed by atoms with E-state index in [2.05, 4.69) is 0 Å². The van der Waals surface area contributed by atoms with E-state index in [9.17, 15) is 13.2 Å². The summed E-state index contributed by atoms with van der Waals surface area (Å²) in [5.74, 6) is 0.348. The van der Waals surface area contributed by atoms with Gasteiger partial charge in [-0.2, -0.15) is 0 Å². The highest BCUT2D eigenvalue weighted by Crippen LogP contribution is 2.25. The Hall–Kier alpha value is -1.36. The number of aryl methyl sites for hydroxylation is 1. The molecule has 1 aromatic carbocycles.